The van der Waals surface area contributed by atoms with Crippen LogP contribution in [0.4, 0.5) is 13.2 Å². The molecule has 1 fully saturated rings. The van der Waals surface area contributed by atoms with E-state index in [2.05, 4.69) is 15.6 Å². The lowest BCUT2D eigenvalue weighted by atomic mass is 9.85. The van der Waals surface area contributed by atoms with Crippen molar-refractivity contribution in [1.29, 1.82) is 0 Å². The summed E-state index contributed by atoms with van der Waals surface area (Å²) in [4.78, 5) is 4.59. The Labute approximate surface area is 174 Å². The third kappa shape index (κ3) is 6.71. The first-order valence-electron chi connectivity index (χ1n) is 10.2. The summed E-state index contributed by atoms with van der Waals surface area (Å²) in [6.07, 6.45) is -0.337. The monoisotopic (exact) mass is 423 g/mol. The van der Waals surface area contributed by atoms with Gasteiger partial charge in [0.05, 0.1) is 25.8 Å². The first-order chi connectivity index (χ1) is 14.4. The molecule has 164 valence electrons. The number of nitrogens with zero attached hydrogens (tertiary/aromatic N) is 1. The summed E-state index contributed by atoms with van der Waals surface area (Å²) in [5.74, 6) is 0.866. The van der Waals surface area contributed by atoms with Crippen LogP contribution in [0.1, 0.15) is 37.0 Å². The van der Waals surface area contributed by atoms with E-state index in [-0.39, 0.29) is 18.9 Å². The zero-order valence-electron chi connectivity index (χ0n) is 17.0. The molecule has 1 aromatic carbocycles. The molecular formula is C22H28F3N3O2. The van der Waals surface area contributed by atoms with Crippen molar-refractivity contribution in [3.63, 3.8) is 0 Å². The fourth-order valence-corrected chi connectivity index (χ4v) is 3.62. The number of halogens is 3. The molecule has 2 atom stereocenters. The maximum absolute atomic E-state index is 13.1. The topological polar surface area (TPSA) is 58.8 Å². The van der Waals surface area contributed by atoms with Crippen LogP contribution in [0.2, 0.25) is 0 Å². The highest BCUT2D eigenvalue weighted by atomic mass is 19.4. The van der Waals surface area contributed by atoms with Gasteiger partial charge in [-0.3, -0.25) is 0 Å². The first kappa shape index (κ1) is 22.1. The Kier molecular flexibility index (Phi) is 7.65. The van der Waals surface area contributed by atoms with Crippen molar-refractivity contribution < 1.29 is 22.3 Å². The van der Waals surface area contributed by atoms with Crippen LogP contribution in [0.3, 0.4) is 0 Å². The number of alkyl halides is 3. The van der Waals surface area contributed by atoms with Crippen molar-refractivity contribution in [2.75, 3.05) is 13.7 Å². The number of ether oxygens (including phenoxy) is 1. The molecule has 1 aliphatic rings. The molecule has 2 aromatic rings. The molecule has 1 saturated carbocycles. The van der Waals surface area contributed by atoms with Gasteiger partial charge in [0.25, 0.3) is 0 Å². The number of hydrogen-bond donors (Lipinski definition) is 2. The van der Waals surface area contributed by atoms with Crippen molar-refractivity contribution in [3.05, 3.63) is 54.0 Å². The first-order valence-corrected chi connectivity index (χ1v) is 10.2. The quantitative estimate of drug-likeness (QED) is 0.501. The van der Waals surface area contributed by atoms with Gasteiger partial charge in [-0.05, 0) is 49.1 Å². The van der Waals surface area contributed by atoms with Crippen molar-refractivity contribution >= 4 is 5.96 Å². The van der Waals surface area contributed by atoms with E-state index in [0.717, 1.165) is 17.1 Å². The molecule has 5 nitrogen and oxygen atoms in total. The van der Waals surface area contributed by atoms with Gasteiger partial charge in [0.2, 0.25) is 0 Å². The van der Waals surface area contributed by atoms with Crippen LogP contribution in [0.25, 0.3) is 0 Å². The molecule has 3 rings (SSSR count). The average Bonchev–Trinajstić information content (AvgIpc) is 3.25. The molecule has 0 bridgehead atoms. The number of rotatable bonds is 7. The summed E-state index contributed by atoms with van der Waals surface area (Å²) >= 11 is 0. The van der Waals surface area contributed by atoms with Gasteiger partial charge < -0.3 is 19.8 Å². The van der Waals surface area contributed by atoms with Crippen LogP contribution in [0.15, 0.2) is 52.1 Å². The van der Waals surface area contributed by atoms with Gasteiger partial charge in [-0.25, -0.2) is 4.99 Å². The van der Waals surface area contributed by atoms with Crippen LogP contribution >= 0.6 is 0 Å². The fraction of sp³-hybridized carbons (Fsp3) is 0.500. The molecule has 2 N–H and O–H groups in total. The Morgan fingerprint density at radius 1 is 1.20 bits per heavy atom. The number of nitrogens with one attached hydrogen (secondary N) is 2. The van der Waals surface area contributed by atoms with E-state index in [0.29, 0.717) is 38.3 Å². The van der Waals surface area contributed by atoms with Crippen molar-refractivity contribution in [2.24, 2.45) is 10.9 Å². The molecule has 0 saturated heterocycles. The summed E-state index contributed by atoms with van der Waals surface area (Å²) in [6.45, 7) is 0.979. The van der Waals surface area contributed by atoms with E-state index >= 15 is 0 Å². The highest BCUT2D eigenvalue weighted by Crippen LogP contribution is 2.37. The van der Waals surface area contributed by atoms with Gasteiger partial charge in [0.1, 0.15) is 11.5 Å². The second kappa shape index (κ2) is 10.4. The van der Waals surface area contributed by atoms with Gasteiger partial charge in [-0.1, -0.05) is 18.6 Å². The van der Waals surface area contributed by atoms with Gasteiger partial charge in [0.15, 0.2) is 5.96 Å². The fourth-order valence-electron chi connectivity index (χ4n) is 3.62. The predicted octanol–water partition coefficient (Wildman–Crippen LogP) is 4.69. The highest BCUT2D eigenvalue weighted by molar-refractivity contribution is 5.80. The number of guanidine groups is 1. The van der Waals surface area contributed by atoms with Crippen LogP contribution in [-0.4, -0.2) is 31.8 Å². The minimum absolute atomic E-state index is 0.0743. The lowest BCUT2D eigenvalue weighted by Crippen LogP contribution is -2.47. The SMILES string of the molecule is COc1ccc(CN=C(NCCc2ccco2)NC2CCCC(C(F)(F)F)C2)cc1. The molecule has 1 aromatic heterocycles. The number of benzene rings is 1. The summed E-state index contributed by atoms with van der Waals surface area (Å²) in [6, 6.07) is 11.0. The van der Waals surface area contributed by atoms with Gasteiger partial charge in [0, 0.05) is 19.0 Å². The third-order valence-corrected chi connectivity index (χ3v) is 5.30. The summed E-state index contributed by atoms with van der Waals surface area (Å²) in [5.41, 5.74) is 0.986. The van der Waals surface area contributed by atoms with E-state index in [9.17, 15) is 13.2 Å². The van der Waals surface area contributed by atoms with Gasteiger partial charge in [-0.2, -0.15) is 13.2 Å². The second-order valence-corrected chi connectivity index (χ2v) is 7.52. The minimum atomic E-state index is -4.15. The molecule has 1 aliphatic carbocycles. The van der Waals surface area contributed by atoms with E-state index < -0.39 is 12.1 Å². The summed E-state index contributed by atoms with van der Waals surface area (Å²) < 4.78 is 49.9. The molecule has 8 heteroatoms. The predicted molar refractivity (Wildman–Crippen MR) is 109 cm³/mol. The lowest BCUT2D eigenvalue weighted by molar-refractivity contribution is -0.183. The minimum Gasteiger partial charge on any atom is -0.497 e. The smallest absolute Gasteiger partial charge is 0.391 e. The van der Waals surface area contributed by atoms with Crippen molar-refractivity contribution in [1.82, 2.24) is 10.6 Å². The molecule has 0 amide bonds. The lowest BCUT2D eigenvalue weighted by Gasteiger charge is -2.32. The van der Waals surface area contributed by atoms with Crippen LogP contribution in [-0.2, 0) is 13.0 Å². The second-order valence-electron chi connectivity index (χ2n) is 7.52. The highest BCUT2D eigenvalue weighted by Gasteiger charge is 2.42. The largest absolute Gasteiger partial charge is 0.497 e. The number of furan rings is 1. The van der Waals surface area contributed by atoms with E-state index in [1.807, 2.05) is 36.4 Å². The molecule has 2 unspecified atom stereocenters. The van der Waals surface area contributed by atoms with Crippen molar-refractivity contribution in [3.8, 4) is 5.75 Å². The van der Waals surface area contributed by atoms with Crippen LogP contribution < -0.4 is 15.4 Å². The zero-order chi connectivity index (χ0) is 21.4. The maximum Gasteiger partial charge on any atom is 0.391 e. The normalized spacial score (nSPS) is 20.1. The van der Waals surface area contributed by atoms with E-state index in [1.165, 1.54) is 0 Å². The summed E-state index contributed by atoms with van der Waals surface area (Å²) in [7, 11) is 1.61. The Hall–Kier alpha value is -2.64. The van der Waals surface area contributed by atoms with Crippen LogP contribution in [0.5, 0.6) is 5.75 Å². The van der Waals surface area contributed by atoms with E-state index in [1.54, 1.807) is 13.4 Å². The number of methoxy groups -OCH3 is 1. The van der Waals surface area contributed by atoms with E-state index in [4.69, 9.17) is 9.15 Å². The Bertz CT molecular complexity index is 789. The molecular weight excluding hydrogens is 395 g/mol. The molecule has 0 aliphatic heterocycles. The molecule has 0 radical (unpaired) electrons. The Morgan fingerprint density at radius 3 is 2.67 bits per heavy atom. The standard InChI is InChI=1S/C22H28F3N3O2/c1-29-19-9-7-16(8-10-19)15-27-21(26-12-11-20-6-3-13-30-20)28-18-5-2-4-17(14-18)22(23,24)25/h3,6-10,13,17-18H,2,4-5,11-12,14-15H2,1H3,(H2,26,27,28). The average molecular weight is 423 g/mol. The van der Waals surface area contributed by atoms with Gasteiger partial charge >= 0.3 is 6.18 Å². The third-order valence-electron chi connectivity index (χ3n) is 5.30. The number of hydrogen-bond acceptors (Lipinski definition) is 3. The van der Waals surface area contributed by atoms with Gasteiger partial charge in [-0.15, -0.1) is 0 Å². The van der Waals surface area contributed by atoms with Crippen LogP contribution in [0, 0.1) is 5.92 Å². The summed E-state index contributed by atoms with van der Waals surface area (Å²) in [5, 5.41) is 6.44. The number of aliphatic imine (C=N–C) groups is 1. The Balaban J connectivity index is 1.62. The molecule has 1 heterocycles. The molecule has 0 spiro atoms. The van der Waals surface area contributed by atoms with Crippen molar-refractivity contribution in [2.45, 2.75) is 50.9 Å². The maximum atomic E-state index is 13.1. The zero-order valence-corrected chi connectivity index (χ0v) is 17.0. The Morgan fingerprint density at radius 2 is 2.00 bits per heavy atom. The molecule has 30 heavy (non-hydrogen) atoms.